The molecule has 0 aliphatic heterocycles. The van der Waals surface area contributed by atoms with Crippen LogP contribution in [0.5, 0.6) is 0 Å². The van der Waals surface area contributed by atoms with Gasteiger partial charge in [0.2, 0.25) is 0 Å². The first-order valence-corrected chi connectivity index (χ1v) is 9.90. The molecule has 1 aromatic carbocycles. The molecule has 0 unspecified atom stereocenters. The molecule has 4 rings (SSSR count). The molecule has 4 nitrogen and oxygen atoms in total. The fourth-order valence-electron chi connectivity index (χ4n) is 3.92. The Labute approximate surface area is 156 Å². The highest BCUT2D eigenvalue weighted by Gasteiger charge is 2.38. The molecule has 2 heterocycles. The van der Waals surface area contributed by atoms with Gasteiger partial charge in [0, 0.05) is 22.9 Å². The molecular weight excluding hydrogens is 344 g/mol. The van der Waals surface area contributed by atoms with Gasteiger partial charge < -0.3 is 10.4 Å². The summed E-state index contributed by atoms with van der Waals surface area (Å²) in [6, 6.07) is 13.8. The van der Waals surface area contributed by atoms with E-state index in [-0.39, 0.29) is 17.4 Å². The molecule has 26 heavy (non-hydrogen) atoms. The van der Waals surface area contributed by atoms with Crippen LogP contribution in [0.15, 0.2) is 54.0 Å². The summed E-state index contributed by atoms with van der Waals surface area (Å²) in [5.74, 6) is -0.143. The quantitative estimate of drug-likeness (QED) is 0.736. The number of nitrogens with zero attached hydrogens (tertiary/aromatic N) is 1. The molecule has 1 amide bonds. The fraction of sp³-hybridized carbons (Fsp3) is 0.333. The van der Waals surface area contributed by atoms with Crippen LogP contribution in [0.4, 0.5) is 0 Å². The third-order valence-electron chi connectivity index (χ3n) is 5.45. The summed E-state index contributed by atoms with van der Waals surface area (Å²) in [4.78, 5) is 16.6. The van der Waals surface area contributed by atoms with Gasteiger partial charge in [-0.05, 0) is 60.2 Å². The zero-order valence-electron chi connectivity index (χ0n) is 14.5. The van der Waals surface area contributed by atoms with E-state index in [4.69, 9.17) is 0 Å². The number of aromatic nitrogens is 1. The minimum absolute atomic E-state index is 0.136. The van der Waals surface area contributed by atoms with E-state index in [0.29, 0.717) is 12.2 Å². The Morgan fingerprint density at radius 1 is 1.19 bits per heavy atom. The maximum absolute atomic E-state index is 12.5. The minimum atomic E-state index is -0.237. The van der Waals surface area contributed by atoms with Gasteiger partial charge in [-0.3, -0.25) is 9.78 Å². The molecule has 2 N–H and O–H groups in total. The van der Waals surface area contributed by atoms with Crippen LogP contribution in [0.2, 0.25) is 0 Å². The summed E-state index contributed by atoms with van der Waals surface area (Å²) in [6.45, 7) is 0.565. The zero-order valence-corrected chi connectivity index (χ0v) is 15.3. The number of hydrogen-bond acceptors (Lipinski definition) is 4. The number of hydrogen-bond donors (Lipinski definition) is 2. The molecule has 3 aromatic rings. The van der Waals surface area contributed by atoms with Gasteiger partial charge >= 0.3 is 0 Å². The monoisotopic (exact) mass is 366 g/mol. The van der Waals surface area contributed by atoms with Gasteiger partial charge in [0.1, 0.15) is 5.69 Å². The number of aliphatic hydroxyl groups is 1. The number of thiophene rings is 1. The molecule has 134 valence electrons. The predicted molar refractivity (Wildman–Crippen MR) is 105 cm³/mol. The lowest BCUT2D eigenvalue weighted by molar-refractivity contribution is 0.0852. The molecule has 1 saturated carbocycles. The van der Waals surface area contributed by atoms with Crippen molar-refractivity contribution in [3.05, 3.63) is 65.3 Å². The molecular formula is C21H22N2O2S. The molecule has 1 aliphatic carbocycles. The number of nitrogens with one attached hydrogen (secondary N) is 1. The van der Waals surface area contributed by atoms with Crippen LogP contribution in [-0.2, 0) is 5.41 Å². The van der Waals surface area contributed by atoms with Gasteiger partial charge in [-0.15, -0.1) is 11.3 Å². The Balaban J connectivity index is 1.63. The van der Waals surface area contributed by atoms with E-state index in [1.165, 1.54) is 15.6 Å². The molecule has 5 heteroatoms. The number of rotatable bonds is 4. The summed E-state index contributed by atoms with van der Waals surface area (Å²) in [7, 11) is 0. The van der Waals surface area contributed by atoms with E-state index in [9.17, 15) is 9.90 Å². The van der Waals surface area contributed by atoms with E-state index < -0.39 is 0 Å². The number of amides is 1. The zero-order chi connectivity index (χ0) is 18.0. The standard InChI is InChI=1S/C21H22N2O2S/c24-15-8-10-21(11-9-15,14-23-20(25)18-6-3-4-12-22-18)17-13-26-19-7-2-1-5-16(17)19/h1-7,12-13,15,24H,8-11,14H2,(H,23,25). The van der Waals surface area contributed by atoms with Crippen LogP contribution in [-0.4, -0.2) is 28.6 Å². The summed E-state index contributed by atoms with van der Waals surface area (Å²) in [6.07, 6.45) is 4.68. The van der Waals surface area contributed by atoms with E-state index in [0.717, 1.165) is 25.7 Å². The van der Waals surface area contributed by atoms with Gasteiger partial charge in [-0.1, -0.05) is 24.3 Å². The molecule has 0 bridgehead atoms. The number of carbonyl (C=O) groups is 1. The Kier molecular flexibility index (Phi) is 4.74. The molecule has 0 saturated heterocycles. The van der Waals surface area contributed by atoms with Crippen molar-refractivity contribution in [2.24, 2.45) is 0 Å². The van der Waals surface area contributed by atoms with E-state index in [2.05, 4.69) is 39.9 Å². The topological polar surface area (TPSA) is 62.2 Å². The summed E-state index contributed by atoms with van der Waals surface area (Å²) in [5, 5.41) is 16.6. The lowest BCUT2D eigenvalue weighted by Crippen LogP contribution is -2.44. The predicted octanol–water partition coefficient (Wildman–Crippen LogP) is 3.90. The van der Waals surface area contributed by atoms with Crippen LogP contribution in [0.25, 0.3) is 10.1 Å². The van der Waals surface area contributed by atoms with Crippen LogP contribution < -0.4 is 5.32 Å². The maximum atomic E-state index is 12.5. The Morgan fingerprint density at radius 2 is 1.96 bits per heavy atom. The second-order valence-corrected chi connectivity index (χ2v) is 7.97. The highest BCUT2D eigenvalue weighted by Crippen LogP contribution is 2.44. The van der Waals surface area contributed by atoms with Crippen molar-refractivity contribution >= 4 is 27.3 Å². The van der Waals surface area contributed by atoms with E-state index in [1.54, 1.807) is 29.7 Å². The molecule has 1 fully saturated rings. The van der Waals surface area contributed by atoms with Gasteiger partial charge in [0.25, 0.3) is 5.91 Å². The Hall–Kier alpha value is -2.24. The average molecular weight is 366 g/mol. The summed E-state index contributed by atoms with van der Waals surface area (Å²) in [5.41, 5.74) is 1.60. The lowest BCUT2D eigenvalue weighted by Gasteiger charge is -2.39. The van der Waals surface area contributed by atoms with E-state index in [1.807, 2.05) is 6.07 Å². The largest absolute Gasteiger partial charge is 0.393 e. The Bertz CT molecular complexity index is 899. The number of pyridine rings is 1. The van der Waals surface area contributed by atoms with Crippen molar-refractivity contribution in [1.82, 2.24) is 10.3 Å². The van der Waals surface area contributed by atoms with E-state index >= 15 is 0 Å². The summed E-state index contributed by atoms with van der Waals surface area (Å²) >= 11 is 1.75. The van der Waals surface area contributed by atoms with Gasteiger partial charge in [0.15, 0.2) is 0 Å². The van der Waals surface area contributed by atoms with Crippen LogP contribution in [0.3, 0.4) is 0 Å². The number of carbonyl (C=O) groups excluding carboxylic acids is 1. The van der Waals surface area contributed by atoms with Gasteiger partial charge in [0.05, 0.1) is 6.10 Å². The van der Waals surface area contributed by atoms with Crippen LogP contribution in [0, 0.1) is 0 Å². The third kappa shape index (κ3) is 3.24. The van der Waals surface area contributed by atoms with Crippen LogP contribution >= 0.6 is 11.3 Å². The van der Waals surface area contributed by atoms with Crippen molar-refractivity contribution < 1.29 is 9.90 Å². The van der Waals surface area contributed by atoms with Crippen molar-refractivity contribution in [3.8, 4) is 0 Å². The number of benzene rings is 1. The average Bonchev–Trinajstić information content (AvgIpc) is 3.13. The molecule has 2 aromatic heterocycles. The number of aliphatic hydroxyl groups excluding tert-OH is 1. The van der Waals surface area contributed by atoms with Gasteiger partial charge in [-0.2, -0.15) is 0 Å². The van der Waals surface area contributed by atoms with Crippen molar-refractivity contribution in [2.75, 3.05) is 6.54 Å². The fourth-order valence-corrected chi connectivity index (χ4v) is 5.01. The third-order valence-corrected chi connectivity index (χ3v) is 6.41. The van der Waals surface area contributed by atoms with Crippen molar-refractivity contribution in [1.29, 1.82) is 0 Å². The second-order valence-electron chi connectivity index (χ2n) is 7.05. The van der Waals surface area contributed by atoms with Crippen LogP contribution in [0.1, 0.15) is 41.7 Å². The molecule has 0 atom stereocenters. The van der Waals surface area contributed by atoms with Gasteiger partial charge in [-0.25, -0.2) is 0 Å². The molecule has 0 spiro atoms. The smallest absolute Gasteiger partial charge is 0.269 e. The first-order chi connectivity index (χ1) is 12.7. The molecule has 0 radical (unpaired) electrons. The lowest BCUT2D eigenvalue weighted by atomic mass is 9.68. The maximum Gasteiger partial charge on any atom is 0.269 e. The molecule has 1 aliphatic rings. The Morgan fingerprint density at radius 3 is 2.73 bits per heavy atom. The SMILES string of the molecule is O=C(NCC1(c2csc3ccccc23)CCC(O)CC1)c1ccccn1. The van der Waals surface area contributed by atoms with Crippen molar-refractivity contribution in [2.45, 2.75) is 37.2 Å². The van der Waals surface area contributed by atoms with Crippen molar-refractivity contribution in [3.63, 3.8) is 0 Å². The first-order valence-electron chi connectivity index (χ1n) is 9.02. The normalized spacial score (nSPS) is 23.0. The number of fused-ring (bicyclic) bond motifs is 1. The highest BCUT2D eigenvalue weighted by molar-refractivity contribution is 7.17. The second kappa shape index (κ2) is 7.17. The highest BCUT2D eigenvalue weighted by atomic mass is 32.1. The first kappa shape index (κ1) is 17.2. The summed E-state index contributed by atoms with van der Waals surface area (Å²) < 4.78 is 1.27. The minimum Gasteiger partial charge on any atom is -0.393 e.